The molecule has 2 aliphatic heterocycles. The lowest BCUT2D eigenvalue weighted by molar-refractivity contribution is -0.155. The van der Waals surface area contributed by atoms with Crippen LogP contribution in [-0.4, -0.2) is 71.7 Å². The molecule has 2 saturated heterocycles. The van der Waals surface area contributed by atoms with Gasteiger partial charge in [-0.2, -0.15) is 0 Å². The van der Waals surface area contributed by atoms with Crippen LogP contribution in [0.5, 0.6) is 0 Å². The molecule has 102 valence electrons. The second-order valence-electron chi connectivity index (χ2n) is 5.14. The number of ether oxygens (including phenoxy) is 1. The van der Waals surface area contributed by atoms with E-state index in [9.17, 15) is 9.59 Å². The molecule has 2 rings (SSSR count). The molecule has 0 aromatic carbocycles. The van der Waals surface area contributed by atoms with Gasteiger partial charge in [0.25, 0.3) is 5.91 Å². The van der Waals surface area contributed by atoms with Crippen LogP contribution in [0.1, 0.15) is 19.8 Å². The topological polar surface area (TPSA) is 70.1 Å². The zero-order valence-electron chi connectivity index (χ0n) is 10.8. The molecule has 2 heterocycles. The van der Waals surface area contributed by atoms with Crippen LogP contribution in [0.3, 0.4) is 0 Å². The van der Waals surface area contributed by atoms with Gasteiger partial charge in [-0.3, -0.25) is 4.79 Å². The second kappa shape index (κ2) is 5.24. The number of amides is 1. The molecule has 0 bridgehead atoms. The first-order valence-corrected chi connectivity index (χ1v) is 6.36. The quantitative estimate of drug-likeness (QED) is 0.739. The first kappa shape index (κ1) is 13.3. The van der Waals surface area contributed by atoms with Gasteiger partial charge in [-0.1, -0.05) is 0 Å². The fourth-order valence-corrected chi connectivity index (χ4v) is 2.45. The minimum atomic E-state index is -0.975. The van der Waals surface area contributed by atoms with Gasteiger partial charge in [-0.15, -0.1) is 0 Å². The molecule has 3 unspecified atom stereocenters. The molecule has 1 amide bonds. The summed E-state index contributed by atoms with van der Waals surface area (Å²) in [6.45, 7) is 4.31. The van der Waals surface area contributed by atoms with Gasteiger partial charge in [0.05, 0.1) is 0 Å². The fraction of sp³-hybridized carbons (Fsp3) is 0.833. The lowest BCUT2D eigenvalue weighted by Gasteiger charge is -2.38. The van der Waals surface area contributed by atoms with E-state index in [2.05, 4.69) is 11.8 Å². The predicted molar refractivity (Wildman–Crippen MR) is 64.2 cm³/mol. The van der Waals surface area contributed by atoms with Crippen molar-refractivity contribution in [3.05, 3.63) is 0 Å². The Hall–Kier alpha value is -1.14. The average molecular weight is 256 g/mol. The number of rotatable bonds is 2. The fourth-order valence-electron chi connectivity index (χ4n) is 2.45. The molecule has 1 N–H and O–H groups in total. The lowest BCUT2D eigenvalue weighted by atomic mass is 10.1. The summed E-state index contributed by atoms with van der Waals surface area (Å²) in [4.78, 5) is 27.0. The first-order valence-electron chi connectivity index (χ1n) is 6.36. The van der Waals surface area contributed by atoms with E-state index in [0.29, 0.717) is 32.0 Å². The summed E-state index contributed by atoms with van der Waals surface area (Å²) in [7, 11) is 2.04. The van der Waals surface area contributed by atoms with Crippen LogP contribution < -0.4 is 0 Å². The number of carbonyl (C=O) groups excluding carboxylic acids is 1. The number of aliphatic carboxylic acids is 1. The van der Waals surface area contributed by atoms with E-state index in [4.69, 9.17) is 9.84 Å². The van der Waals surface area contributed by atoms with E-state index >= 15 is 0 Å². The van der Waals surface area contributed by atoms with Gasteiger partial charge in [0.1, 0.15) is 6.10 Å². The van der Waals surface area contributed by atoms with Crippen molar-refractivity contribution in [2.24, 2.45) is 0 Å². The van der Waals surface area contributed by atoms with E-state index < -0.39 is 18.2 Å². The van der Waals surface area contributed by atoms with Crippen molar-refractivity contribution in [1.82, 2.24) is 9.80 Å². The maximum absolute atomic E-state index is 12.2. The third-order valence-electron chi connectivity index (χ3n) is 3.84. The highest BCUT2D eigenvalue weighted by molar-refractivity contribution is 5.82. The Labute approximate surface area is 106 Å². The zero-order chi connectivity index (χ0) is 13.3. The summed E-state index contributed by atoms with van der Waals surface area (Å²) in [6, 6.07) is 0.333. The monoisotopic (exact) mass is 256 g/mol. The molecule has 2 aliphatic rings. The number of carboxylic acid groups (broad SMARTS) is 1. The van der Waals surface area contributed by atoms with Crippen LogP contribution in [-0.2, 0) is 14.3 Å². The SMILES string of the molecule is CC1CN(C(=O)C2CCC(C(=O)O)O2)CCN1C. The third-order valence-corrected chi connectivity index (χ3v) is 3.84. The van der Waals surface area contributed by atoms with E-state index in [0.717, 1.165) is 6.54 Å². The molecule has 0 radical (unpaired) electrons. The Bertz CT molecular complexity index is 347. The van der Waals surface area contributed by atoms with E-state index in [1.54, 1.807) is 4.90 Å². The highest BCUT2D eigenvalue weighted by Gasteiger charge is 2.38. The van der Waals surface area contributed by atoms with Crippen molar-refractivity contribution < 1.29 is 19.4 Å². The normalized spacial score (nSPS) is 33.7. The summed E-state index contributed by atoms with van der Waals surface area (Å²) in [5, 5.41) is 8.84. The molecule has 0 aliphatic carbocycles. The first-order chi connectivity index (χ1) is 8.49. The van der Waals surface area contributed by atoms with Gasteiger partial charge in [0, 0.05) is 25.7 Å². The van der Waals surface area contributed by atoms with Crippen molar-refractivity contribution in [2.75, 3.05) is 26.7 Å². The summed E-state index contributed by atoms with van der Waals surface area (Å²) in [5.41, 5.74) is 0. The largest absolute Gasteiger partial charge is 0.479 e. The lowest BCUT2D eigenvalue weighted by Crippen LogP contribution is -2.54. The molecule has 6 nitrogen and oxygen atoms in total. The highest BCUT2D eigenvalue weighted by Crippen LogP contribution is 2.22. The van der Waals surface area contributed by atoms with Crippen molar-refractivity contribution in [3.8, 4) is 0 Å². The van der Waals surface area contributed by atoms with Crippen molar-refractivity contribution in [1.29, 1.82) is 0 Å². The van der Waals surface area contributed by atoms with Crippen LogP contribution in [0.25, 0.3) is 0 Å². The van der Waals surface area contributed by atoms with Gasteiger partial charge in [-0.05, 0) is 26.8 Å². The summed E-state index contributed by atoms with van der Waals surface area (Å²) >= 11 is 0. The summed E-state index contributed by atoms with van der Waals surface area (Å²) < 4.78 is 5.30. The van der Waals surface area contributed by atoms with Crippen molar-refractivity contribution in [3.63, 3.8) is 0 Å². The second-order valence-corrected chi connectivity index (χ2v) is 5.14. The highest BCUT2D eigenvalue weighted by atomic mass is 16.5. The standard InChI is InChI=1S/C12H20N2O4/c1-8-7-14(6-5-13(8)2)11(15)9-3-4-10(18-9)12(16)17/h8-10H,3-7H2,1-2H3,(H,16,17). The Morgan fingerprint density at radius 3 is 2.44 bits per heavy atom. The number of hydrogen-bond acceptors (Lipinski definition) is 4. The number of likely N-dealkylation sites (N-methyl/N-ethyl adjacent to an activating group) is 1. The molecular weight excluding hydrogens is 236 g/mol. The summed E-state index contributed by atoms with van der Waals surface area (Å²) in [6.07, 6.45) is -0.448. The average Bonchev–Trinajstić information content (AvgIpc) is 2.81. The van der Waals surface area contributed by atoms with Crippen LogP contribution >= 0.6 is 0 Å². The Balaban J connectivity index is 1.90. The molecule has 18 heavy (non-hydrogen) atoms. The van der Waals surface area contributed by atoms with Gasteiger partial charge in [0.15, 0.2) is 6.10 Å². The molecule has 2 fully saturated rings. The molecule has 6 heteroatoms. The summed E-state index contributed by atoms with van der Waals surface area (Å²) in [5.74, 6) is -1.03. The zero-order valence-corrected chi connectivity index (χ0v) is 10.8. The van der Waals surface area contributed by atoms with E-state index in [-0.39, 0.29) is 5.91 Å². The molecule has 0 saturated carbocycles. The molecule has 0 aromatic rings. The van der Waals surface area contributed by atoms with Crippen molar-refractivity contribution >= 4 is 11.9 Å². The van der Waals surface area contributed by atoms with Gasteiger partial charge < -0.3 is 19.6 Å². The maximum Gasteiger partial charge on any atom is 0.332 e. The Kier molecular flexibility index (Phi) is 3.87. The smallest absolute Gasteiger partial charge is 0.332 e. The Morgan fingerprint density at radius 2 is 1.89 bits per heavy atom. The van der Waals surface area contributed by atoms with E-state index in [1.165, 1.54) is 0 Å². The van der Waals surface area contributed by atoms with Crippen molar-refractivity contribution in [2.45, 2.75) is 38.0 Å². The Morgan fingerprint density at radius 1 is 1.22 bits per heavy atom. The van der Waals surface area contributed by atoms with Gasteiger partial charge >= 0.3 is 5.97 Å². The number of nitrogens with zero attached hydrogens (tertiary/aromatic N) is 2. The van der Waals surface area contributed by atoms with E-state index in [1.807, 2.05) is 7.05 Å². The molecular formula is C12H20N2O4. The molecule has 0 spiro atoms. The van der Waals surface area contributed by atoms with Crippen LogP contribution in [0.2, 0.25) is 0 Å². The maximum atomic E-state index is 12.2. The minimum absolute atomic E-state index is 0.0568. The van der Waals surface area contributed by atoms with Gasteiger partial charge in [0.2, 0.25) is 0 Å². The number of piperazine rings is 1. The third kappa shape index (κ3) is 2.64. The number of carbonyl (C=O) groups is 2. The number of hydrogen-bond donors (Lipinski definition) is 1. The number of carboxylic acids is 1. The van der Waals surface area contributed by atoms with Crippen LogP contribution in [0, 0.1) is 0 Å². The minimum Gasteiger partial charge on any atom is -0.479 e. The van der Waals surface area contributed by atoms with Gasteiger partial charge in [-0.25, -0.2) is 4.79 Å². The molecule has 3 atom stereocenters. The van der Waals surface area contributed by atoms with Crippen LogP contribution in [0.4, 0.5) is 0 Å². The van der Waals surface area contributed by atoms with Crippen LogP contribution in [0.15, 0.2) is 0 Å². The predicted octanol–water partition coefficient (Wildman–Crippen LogP) is -0.219. The molecule has 0 aromatic heterocycles.